The number of rotatable bonds is 42. The number of carbonyl (C=O) groups is 4. The molecule has 6 saturated heterocycles. The van der Waals surface area contributed by atoms with Crippen LogP contribution in [-0.2, 0) is 47.6 Å². The minimum Gasteiger partial charge on any atom is -0.497 e. The second-order valence-corrected chi connectivity index (χ2v) is 37.1. The highest BCUT2D eigenvalue weighted by Gasteiger charge is 2.36. The van der Waals surface area contributed by atoms with Gasteiger partial charge in [-0.3, -0.25) is 19.2 Å². The quantitative estimate of drug-likeness (QED) is 0.0159. The molecule has 2 unspecified atom stereocenters. The molecule has 4 aromatic carbocycles. The van der Waals surface area contributed by atoms with E-state index in [1.54, 1.807) is 81.3 Å². The maximum Gasteiger partial charge on any atom is 0.243 e. The fourth-order valence-electron chi connectivity index (χ4n) is 18.1. The van der Waals surface area contributed by atoms with Gasteiger partial charge in [-0.1, -0.05) is 38.4 Å². The zero-order valence-electron chi connectivity index (χ0n) is 85.4. The molecule has 786 valence electrons. The van der Waals surface area contributed by atoms with Crippen molar-refractivity contribution >= 4 is 113 Å². The SMILES string of the molecule is C=CC(=O)C[C@H]1COC[C@H]1Nc1cc2c(NCCN(C)C)nc(-c3cc(OC)cc(OC)c3)cc2cn1.C=CC(=O)C[C@H]1COC[C@H]1Nc1cc2c(NCCN(C)C)nc(-c3cccc(OC)c3F)cc2cn1.C=CC(=O)N[C@H]1COC[C@H]1Nc1cc2c(NCC3CCCO3)nc(-c3cc(OC)cc(OC)c3F)cc2cn1.C=CC(=O)N[C@H]1COC[C@H]1Nc1cc2c(NCC3CCCO3)nc(-c3cccc(OC)c3F)cc2cn1. The van der Waals surface area contributed by atoms with Gasteiger partial charge in [0.25, 0.3) is 0 Å². The molecule has 6 fully saturated rings. The Morgan fingerprint density at radius 3 is 1.11 bits per heavy atom. The van der Waals surface area contributed by atoms with Crippen molar-refractivity contribution in [2.75, 3.05) is 219 Å². The van der Waals surface area contributed by atoms with E-state index in [1.807, 2.05) is 95.1 Å². The minimum atomic E-state index is -0.532. The van der Waals surface area contributed by atoms with Crippen LogP contribution >= 0.6 is 0 Å². The van der Waals surface area contributed by atoms with Crippen LogP contribution in [0.15, 0.2) is 191 Å². The first kappa shape index (κ1) is 108. The van der Waals surface area contributed by atoms with Crippen molar-refractivity contribution in [1.29, 1.82) is 0 Å². The summed E-state index contributed by atoms with van der Waals surface area (Å²) in [5.74, 6) is 5.55. The number of likely N-dealkylation sites (N-methyl/N-ethyl adjacent to an activating group) is 2. The molecule has 6 aliphatic heterocycles. The van der Waals surface area contributed by atoms with Crippen molar-refractivity contribution in [3.63, 3.8) is 0 Å². The molecular weight excluding hydrogens is 1910 g/mol. The van der Waals surface area contributed by atoms with Gasteiger partial charge < -0.3 is 120 Å². The van der Waals surface area contributed by atoms with Gasteiger partial charge >= 0.3 is 0 Å². The number of fused-ring (bicyclic) bond motifs is 4. The predicted octanol–water partition coefficient (Wildman–Crippen LogP) is 14.9. The van der Waals surface area contributed by atoms with Crippen LogP contribution in [0.1, 0.15) is 38.5 Å². The summed E-state index contributed by atoms with van der Waals surface area (Å²) in [6.45, 7) is 23.6. The van der Waals surface area contributed by atoms with Crippen molar-refractivity contribution in [3.05, 3.63) is 208 Å². The number of benzene rings is 4. The molecule has 0 spiro atoms. The van der Waals surface area contributed by atoms with Gasteiger partial charge in [-0.25, -0.2) is 53.0 Å². The first-order valence-corrected chi connectivity index (χ1v) is 49.4. The Bertz CT molecular complexity index is 6740. The average Bonchev–Trinajstić information content (AvgIpc) is 1.79. The monoisotopic (exact) mass is 2040 g/mol. The first-order chi connectivity index (χ1) is 72.3. The van der Waals surface area contributed by atoms with Crippen molar-refractivity contribution in [3.8, 4) is 79.5 Å². The van der Waals surface area contributed by atoms with Crippen LogP contribution in [0.4, 0.5) is 59.7 Å². The number of methoxy groups -OCH3 is 6. The summed E-state index contributed by atoms with van der Waals surface area (Å²) in [7, 11) is 17.1. The maximum atomic E-state index is 15.3. The predicted molar refractivity (Wildman–Crippen MR) is 572 cm³/mol. The van der Waals surface area contributed by atoms with Gasteiger partial charge in [-0.15, -0.1) is 0 Å². The number of hydrogen-bond donors (Lipinski definition) is 10. The summed E-state index contributed by atoms with van der Waals surface area (Å²) in [5, 5.41) is 39.9. The first-order valence-electron chi connectivity index (χ1n) is 49.4. The van der Waals surface area contributed by atoms with Gasteiger partial charge in [0.1, 0.15) is 63.8 Å². The molecular formula is C110H129F3N20O16. The Labute approximate surface area is 863 Å². The van der Waals surface area contributed by atoms with Gasteiger partial charge in [0.2, 0.25) is 11.8 Å². The molecule has 12 aromatic rings. The third-order valence-electron chi connectivity index (χ3n) is 26.2. The summed E-state index contributed by atoms with van der Waals surface area (Å²) >= 11 is 0. The summed E-state index contributed by atoms with van der Waals surface area (Å²) in [6.07, 6.45) is 17.2. The number of allylic oxidation sites excluding steroid dienone is 2. The van der Waals surface area contributed by atoms with Gasteiger partial charge in [-0.2, -0.15) is 0 Å². The minimum absolute atomic E-state index is 0.00217. The van der Waals surface area contributed by atoms with E-state index in [0.29, 0.717) is 172 Å². The molecule has 39 heteroatoms. The van der Waals surface area contributed by atoms with Crippen LogP contribution in [0.3, 0.4) is 0 Å². The molecule has 10 N–H and O–H groups in total. The molecule has 6 aliphatic rings. The van der Waals surface area contributed by atoms with Gasteiger partial charge in [-0.05, 0) is 169 Å². The number of halogens is 3. The third-order valence-corrected chi connectivity index (χ3v) is 26.2. The van der Waals surface area contributed by atoms with E-state index < -0.39 is 17.5 Å². The summed E-state index contributed by atoms with van der Waals surface area (Å²) in [5.41, 5.74) is 3.98. The molecule has 10 atom stereocenters. The van der Waals surface area contributed by atoms with E-state index in [-0.39, 0.29) is 106 Å². The number of ketones is 2. The van der Waals surface area contributed by atoms with Crippen LogP contribution in [0.5, 0.6) is 34.5 Å². The van der Waals surface area contributed by atoms with E-state index in [9.17, 15) is 19.2 Å². The van der Waals surface area contributed by atoms with Gasteiger partial charge in [0.15, 0.2) is 46.3 Å². The standard InChI is InChI=1S/C28H32FN5O5.C28H35N5O4.C27H30FN5O4.C27H32FN5O3/c1-4-26(35)33-23-15-38-14-22(23)32-25-11-19-16(12-30-25)8-21(34-28(19)31-13-17-6-5-7-39-17)20-9-18(36-2)10-24(37-3)27(20)29;1-6-21(34)9-20-16-37-17-26(20)31-27-14-24-19(15-30-27)12-25(32-28(24)29-7-8-33(2)3)18-10-22(35-4)13-23(11-18)36-5;1-3-25(34)32-22-15-36-14-21(22)31-24-11-19-16(12-29-24)10-20(18-7-4-8-23(35-2)26(18)28)33-27(19)30-13-17-6-5-9-37-17;1-5-19(34)11-18-15-36-16-23(18)31-25-13-21-17(14-30-25)12-22(32-27(21)29-9-10-33(2)3)20-7-6-8-24(35-4)26(20)28/h4,8-12,17,22-23H,1,5-7,13-15H2,2-3H3,(H,30,32)(H,31,34)(H,33,35);6,10-15,20,26H,1,7-9,16-17H2,2-5H3,(H,29,32)(H,30,31);3-4,7-8,10-12,17,21-22H,1,5-6,9,13-15H2,2H3,(H,29,31)(H,30,33)(H,32,34);5-8,12-14,18,23H,1,9-11,15-16H2,2-4H3,(H,29,32)(H,30,31)/t17?,22-,23+;20-,26+;17?,21-,22+;18-,23+/m1010/s1. The molecule has 0 aliphatic carbocycles. The smallest absolute Gasteiger partial charge is 0.243 e. The summed E-state index contributed by atoms with van der Waals surface area (Å²) < 4.78 is 111. The lowest BCUT2D eigenvalue weighted by Crippen LogP contribution is -2.45. The van der Waals surface area contributed by atoms with E-state index in [2.05, 4.69) is 109 Å². The highest BCUT2D eigenvalue weighted by Crippen LogP contribution is 2.42. The molecule has 0 saturated carbocycles. The van der Waals surface area contributed by atoms with E-state index >= 15 is 13.2 Å². The number of anilines is 8. The Hall–Kier alpha value is -15.0. The topological polar surface area (TPSA) is 409 Å². The fraction of sp³-hybridized carbons (Fsp3) is 0.382. The molecule has 2 amide bonds. The molecule has 8 aromatic heterocycles. The van der Waals surface area contributed by atoms with Crippen molar-refractivity contribution in [2.24, 2.45) is 11.8 Å². The molecule has 36 nitrogen and oxygen atoms in total. The summed E-state index contributed by atoms with van der Waals surface area (Å²) in [6, 6.07) is 33.1. The van der Waals surface area contributed by atoms with Crippen LogP contribution in [0.25, 0.3) is 88.1 Å². The van der Waals surface area contributed by atoms with Gasteiger partial charge in [0.05, 0.1) is 167 Å². The zero-order valence-corrected chi connectivity index (χ0v) is 85.4. The zero-order chi connectivity index (χ0) is 105. The Morgan fingerprint density at radius 1 is 0.389 bits per heavy atom. The number of pyridine rings is 8. The third kappa shape index (κ3) is 28.1. The van der Waals surface area contributed by atoms with E-state index in [4.69, 9.17) is 76.8 Å². The maximum absolute atomic E-state index is 15.3. The second-order valence-electron chi connectivity index (χ2n) is 37.1. The number of ether oxygens (including phenoxy) is 12. The van der Waals surface area contributed by atoms with Crippen LogP contribution in [0.2, 0.25) is 0 Å². The molecule has 0 radical (unpaired) electrons. The molecule has 0 bridgehead atoms. The lowest BCUT2D eigenvalue weighted by molar-refractivity contribution is -0.118. The lowest BCUT2D eigenvalue weighted by Gasteiger charge is -2.21. The van der Waals surface area contributed by atoms with Crippen LogP contribution in [-0.4, -0.2) is 298 Å². The van der Waals surface area contributed by atoms with E-state index in [0.717, 1.165) is 119 Å². The Kier molecular flexibility index (Phi) is 37.8. The highest BCUT2D eigenvalue weighted by molar-refractivity contribution is 6.00. The number of aromatic nitrogens is 8. The normalized spacial score (nSPS) is 19.1. The molecule has 18 rings (SSSR count). The van der Waals surface area contributed by atoms with Crippen molar-refractivity contribution in [2.45, 2.75) is 87.0 Å². The Morgan fingerprint density at radius 2 is 0.738 bits per heavy atom. The largest absolute Gasteiger partial charge is 0.497 e. The second kappa shape index (κ2) is 52.1. The van der Waals surface area contributed by atoms with Crippen molar-refractivity contribution in [1.82, 2.24) is 60.3 Å². The average molecular weight is 2040 g/mol. The van der Waals surface area contributed by atoms with Crippen molar-refractivity contribution < 1.29 is 89.2 Å². The van der Waals surface area contributed by atoms with Crippen LogP contribution in [0, 0.1) is 29.3 Å². The highest BCUT2D eigenvalue weighted by atomic mass is 19.1. The van der Waals surface area contributed by atoms with Crippen LogP contribution < -0.4 is 81.6 Å². The van der Waals surface area contributed by atoms with E-state index in [1.165, 1.54) is 58.8 Å². The number of hydrogen-bond acceptors (Lipinski definition) is 34. The summed E-state index contributed by atoms with van der Waals surface area (Å²) in [4.78, 5) is 89.4. The fourth-order valence-corrected chi connectivity index (χ4v) is 18.1. The number of carbonyl (C=O) groups excluding carboxylic acids is 4. The molecule has 149 heavy (non-hydrogen) atoms. The molecule has 14 heterocycles. The van der Waals surface area contributed by atoms with Gasteiger partial charge in [0, 0.05) is 179 Å². The lowest BCUT2D eigenvalue weighted by atomic mass is 9.97. The number of amides is 2. The Balaban J connectivity index is 0.000000149. The number of nitrogens with zero attached hydrogens (tertiary/aromatic N) is 10. The number of nitrogens with one attached hydrogen (secondary N) is 10.